The van der Waals surface area contributed by atoms with Crippen molar-refractivity contribution in [2.75, 3.05) is 5.32 Å². The summed E-state index contributed by atoms with van der Waals surface area (Å²) < 4.78 is 161. The molecular weight excluding hydrogens is 667 g/mol. The first-order valence-electron chi connectivity index (χ1n) is 9.67. The molecule has 2 aromatic carbocycles. The quantitative estimate of drug-likeness (QED) is 0.137. The first-order valence-corrected chi connectivity index (χ1v) is 10.8. The number of fused-ring (bicyclic) bond motifs is 1. The van der Waals surface area contributed by atoms with Crippen LogP contribution in [0.25, 0.3) is 10.9 Å². The number of rotatable bonds is 4. The molecule has 1 amide bonds. The normalized spacial score (nSPS) is 14.9. The lowest BCUT2D eigenvalue weighted by Gasteiger charge is -2.36. The summed E-state index contributed by atoms with van der Waals surface area (Å²) in [5.74, 6) is -8.57. The number of pyridine rings is 1. The smallest absolute Gasteiger partial charge is 0.457 e. The molecule has 4 nitrogen and oxygen atoms in total. The highest BCUT2D eigenvalue weighted by molar-refractivity contribution is 14.1. The van der Waals surface area contributed by atoms with Crippen molar-refractivity contribution in [3.63, 3.8) is 0 Å². The van der Waals surface area contributed by atoms with Crippen LogP contribution in [0.1, 0.15) is 21.5 Å². The molecule has 0 fully saturated rings. The van der Waals surface area contributed by atoms with Crippen LogP contribution in [0.5, 0.6) is 0 Å². The molecule has 0 saturated carbocycles. The van der Waals surface area contributed by atoms with Gasteiger partial charge >= 0.3 is 30.1 Å². The summed E-state index contributed by atoms with van der Waals surface area (Å²) in [6.45, 7) is 0. The number of benzene rings is 2. The van der Waals surface area contributed by atoms with Gasteiger partial charge in [-0.25, -0.2) is 4.39 Å². The van der Waals surface area contributed by atoms with Gasteiger partial charge in [0, 0.05) is 32.2 Å². The van der Waals surface area contributed by atoms with Crippen molar-refractivity contribution in [2.45, 2.75) is 30.1 Å². The molecule has 0 saturated heterocycles. The van der Waals surface area contributed by atoms with E-state index in [9.17, 15) is 62.7 Å². The maximum Gasteiger partial charge on any atom is 0.457 e. The lowest BCUT2D eigenvalue weighted by Crippen LogP contribution is -2.59. The number of alkyl halides is 12. The lowest BCUT2D eigenvalue weighted by atomic mass is 9.86. The largest absolute Gasteiger partial charge is 0.618 e. The summed E-state index contributed by atoms with van der Waals surface area (Å²) in [5, 5.41) is 13.9. The van der Waals surface area contributed by atoms with E-state index in [-0.39, 0.29) is 11.6 Å². The van der Waals surface area contributed by atoms with Crippen molar-refractivity contribution in [1.82, 2.24) is 0 Å². The van der Waals surface area contributed by atoms with Crippen molar-refractivity contribution < 1.29 is 62.2 Å². The second-order valence-corrected chi connectivity index (χ2v) is 8.83. The van der Waals surface area contributed by atoms with Gasteiger partial charge in [-0.2, -0.15) is 53.0 Å². The maximum absolute atomic E-state index is 14.8. The van der Waals surface area contributed by atoms with Crippen LogP contribution in [0.15, 0.2) is 48.7 Å². The zero-order valence-corrected chi connectivity index (χ0v) is 20.0. The van der Waals surface area contributed by atoms with E-state index >= 15 is 0 Å². The fourth-order valence-electron chi connectivity index (χ4n) is 3.38. The highest BCUT2D eigenvalue weighted by Crippen LogP contribution is 2.59. The van der Waals surface area contributed by atoms with Crippen molar-refractivity contribution in [1.29, 1.82) is 0 Å². The van der Waals surface area contributed by atoms with Crippen LogP contribution in [0.2, 0.25) is 0 Å². The number of aromatic nitrogens is 1. The van der Waals surface area contributed by atoms with Crippen molar-refractivity contribution >= 4 is 45.1 Å². The van der Waals surface area contributed by atoms with Crippen LogP contribution in [0, 0.1) is 8.78 Å². The van der Waals surface area contributed by atoms with Crippen molar-refractivity contribution in [3.05, 3.63) is 74.1 Å². The van der Waals surface area contributed by atoms with Crippen LogP contribution in [0.3, 0.4) is 0 Å². The standard InChI is InChI=1S/C21H9F12IN2O2/c22-17(20(28,29)30,19(26,27)21(31,32)33)11-7-12(18(23,24)25)15(13(34)8-11)35-16(37)10-4-3-9-2-1-5-36(38)14(9)6-10/h1-8H,(H,35,37). The highest BCUT2D eigenvalue weighted by Gasteiger charge is 2.81. The molecule has 0 spiro atoms. The van der Waals surface area contributed by atoms with Gasteiger partial charge in [-0.1, -0.05) is 0 Å². The summed E-state index contributed by atoms with van der Waals surface area (Å²) in [6, 6.07) is 4.86. The zero-order chi connectivity index (χ0) is 29.1. The van der Waals surface area contributed by atoms with E-state index in [2.05, 4.69) is 0 Å². The Balaban J connectivity index is 2.20. The molecule has 1 N–H and O–H groups in total. The van der Waals surface area contributed by atoms with E-state index in [1.807, 2.05) is 0 Å². The van der Waals surface area contributed by atoms with Crippen LogP contribution >= 0.6 is 22.6 Å². The summed E-state index contributed by atoms with van der Waals surface area (Å²) in [5.41, 5.74) is -13.5. The minimum Gasteiger partial charge on any atom is -0.618 e. The first-order chi connectivity index (χ1) is 17.1. The third-order valence-corrected chi connectivity index (χ3v) is 6.09. The Labute approximate surface area is 216 Å². The predicted octanol–water partition coefficient (Wildman–Crippen LogP) is 7.27. The van der Waals surface area contributed by atoms with Crippen LogP contribution < -0.4 is 10.0 Å². The van der Waals surface area contributed by atoms with Gasteiger partial charge in [-0.05, 0) is 52.9 Å². The van der Waals surface area contributed by atoms with E-state index in [1.54, 1.807) is 5.32 Å². The van der Waals surface area contributed by atoms with Gasteiger partial charge in [-0.15, -0.1) is 0 Å². The predicted molar refractivity (Wildman–Crippen MR) is 115 cm³/mol. The summed E-state index contributed by atoms with van der Waals surface area (Å²) in [6.07, 6.45) is -18.9. The van der Waals surface area contributed by atoms with E-state index < -0.39 is 68.0 Å². The maximum atomic E-state index is 14.8. The molecule has 0 radical (unpaired) electrons. The van der Waals surface area contributed by atoms with Crippen LogP contribution in [0.4, 0.5) is 58.4 Å². The monoisotopic (exact) mass is 676 g/mol. The molecule has 38 heavy (non-hydrogen) atoms. The average molecular weight is 676 g/mol. The number of nitrogens with one attached hydrogen (secondary N) is 1. The topological polar surface area (TPSA) is 56.0 Å². The minimum atomic E-state index is -7.20. The molecule has 17 heteroatoms. The van der Waals surface area contributed by atoms with Gasteiger partial charge in [0.15, 0.2) is 6.20 Å². The molecule has 3 aromatic rings. The second kappa shape index (κ2) is 9.33. The number of amides is 1. The van der Waals surface area contributed by atoms with Gasteiger partial charge < -0.3 is 10.5 Å². The number of carbonyl (C=O) groups excluding carboxylic acids is 1. The molecule has 0 aliphatic carbocycles. The lowest BCUT2D eigenvalue weighted by molar-refractivity contribution is -0.577. The molecule has 0 aliphatic heterocycles. The number of hydrogen-bond donors (Lipinski definition) is 1. The van der Waals surface area contributed by atoms with Gasteiger partial charge in [-0.3, -0.25) is 4.79 Å². The Morgan fingerprint density at radius 1 is 0.842 bits per heavy atom. The molecule has 0 aliphatic rings. The molecule has 206 valence electrons. The summed E-state index contributed by atoms with van der Waals surface area (Å²) in [4.78, 5) is 12.6. The first kappa shape index (κ1) is 29.6. The number of nitrogens with zero attached hydrogens (tertiary/aromatic N) is 1. The van der Waals surface area contributed by atoms with Crippen LogP contribution in [-0.4, -0.2) is 24.2 Å². The van der Waals surface area contributed by atoms with Crippen molar-refractivity contribution in [2.24, 2.45) is 0 Å². The molecule has 1 aromatic heterocycles. The molecule has 0 bridgehead atoms. The Bertz CT molecular complexity index is 1400. The minimum absolute atomic E-state index is 0.108. The Morgan fingerprint density at radius 2 is 1.45 bits per heavy atom. The van der Waals surface area contributed by atoms with Gasteiger partial charge in [0.1, 0.15) is 0 Å². The van der Waals surface area contributed by atoms with E-state index in [4.69, 9.17) is 0 Å². The van der Waals surface area contributed by atoms with Crippen LogP contribution in [-0.2, 0) is 11.8 Å². The second-order valence-electron chi connectivity index (χ2n) is 7.67. The molecule has 1 unspecified atom stereocenters. The van der Waals surface area contributed by atoms with E-state index in [1.165, 1.54) is 18.2 Å². The van der Waals surface area contributed by atoms with Gasteiger partial charge in [0.05, 0.1) is 11.3 Å². The third-order valence-electron chi connectivity index (χ3n) is 5.24. The Hall–Kier alpha value is -2.99. The summed E-state index contributed by atoms with van der Waals surface area (Å²) >= 11 is 0.812. The fraction of sp³-hybridized carbons (Fsp3) is 0.238. The SMILES string of the molecule is O=C(Nc1c(I)cc(C(F)(C(F)(F)F)C(F)(F)C(F)(F)F)cc1C(F)(F)F)c1ccc2ccc[n+]([O-])c2c1. The molecular formula is C21H9F12IN2O2. The number of halogens is 13. The van der Waals surface area contributed by atoms with Gasteiger partial charge in [0.25, 0.3) is 5.91 Å². The van der Waals surface area contributed by atoms with E-state index in [0.29, 0.717) is 10.1 Å². The number of carbonyl (C=O) groups is 1. The average Bonchev–Trinajstić information content (AvgIpc) is 2.77. The van der Waals surface area contributed by atoms with E-state index in [0.717, 1.165) is 40.9 Å². The third kappa shape index (κ3) is 4.91. The number of anilines is 1. The number of hydrogen-bond acceptors (Lipinski definition) is 2. The Kier molecular flexibility index (Phi) is 7.26. The zero-order valence-electron chi connectivity index (χ0n) is 17.8. The molecule has 3 rings (SSSR count). The fourth-order valence-corrected chi connectivity index (χ4v) is 4.14. The molecule has 1 heterocycles. The molecule has 1 atom stereocenters. The summed E-state index contributed by atoms with van der Waals surface area (Å²) in [7, 11) is 0. The Morgan fingerprint density at radius 3 is 1.97 bits per heavy atom. The van der Waals surface area contributed by atoms with Crippen molar-refractivity contribution in [3.8, 4) is 0 Å². The van der Waals surface area contributed by atoms with Gasteiger partial charge in [0.2, 0.25) is 5.52 Å². The highest BCUT2D eigenvalue weighted by atomic mass is 127.